The number of hydrogen-bond donors (Lipinski definition) is 1. The Bertz CT molecular complexity index is 846. The van der Waals surface area contributed by atoms with Crippen molar-refractivity contribution >= 4 is 17.7 Å². The topological polar surface area (TPSA) is 80.2 Å². The van der Waals surface area contributed by atoms with Gasteiger partial charge >= 0.3 is 0 Å². The lowest BCUT2D eigenvalue weighted by Crippen LogP contribution is -2.43. The van der Waals surface area contributed by atoms with E-state index in [1.54, 1.807) is 0 Å². The minimum absolute atomic E-state index is 0.116. The Morgan fingerprint density at radius 2 is 1.86 bits per heavy atom. The first kappa shape index (κ1) is 19.8. The van der Waals surface area contributed by atoms with Crippen molar-refractivity contribution in [1.82, 2.24) is 19.9 Å². The van der Waals surface area contributed by atoms with Crippen LogP contribution in [0.25, 0.3) is 0 Å². The molecule has 2 aromatic rings. The molecule has 0 bridgehead atoms. The van der Waals surface area contributed by atoms with Gasteiger partial charge in [-0.2, -0.15) is 0 Å². The molecule has 0 radical (unpaired) electrons. The van der Waals surface area contributed by atoms with E-state index in [0.29, 0.717) is 19.2 Å². The molecule has 1 atom stereocenters. The molecule has 2 aliphatic heterocycles. The van der Waals surface area contributed by atoms with E-state index in [1.807, 2.05) is 36.9 Å². The smallest absolute Gasteiger partial charge is 0.228 e. The van der Waals surface area contributed by atoms with Gasteiger partial charge in [-0.3, -0.25) is 4.79 Å². The number of amides is 1. The van der Waals surface area contributed by atoms with Crippen molar-refractivity contribution in [1.29, 1.82) is 0 Å². The van der Waals surface area contributed by atoms with Crippen LogP contribution in [0.1, 0.15) is 48.7 Å². The molecule has 7 heteroatoms. The number of pyridine rings is 1. The summed E-state index contributed by atoms with van der Waals surface area (Å²) in [6.07, 6.45) is 3.74. The monoisotopic (exact) mass is 395 g/mol. The number of hydrogen-bond acceptors (Lipinski definition) is 6. The highest BCUT2D eigenvalue weighted by atomic mass is 16.5. The third-order valence-electron chi connectivity index (χ3n) is 5.71. The SMILES string of the molecule is Cc1cc(C)nc(Nc2cccc([C@H]3CCCN(C(=O)C4CCOCC4)C3)n2)n1. The standard InChI is InChI=1S/C22H29N5O2/c1-15-13-16(2)24-22(23-15)26-20-7-3-6-19(25-20)18-5-4-10-27(14-18)21(28)17-8-11-29-12-9-17/h3,6-7,13,17-18H,4-5,8-12,14H2,1-2H3,(H,23,24,25,26)/t18-/m0/s1. The number of carbonyl (C=O) groups is 1. The van der Waals surface area contributed by atoms with Crippen LogP contribution in [-0.2, 0) is 9.53 Å². The fourth-order valence-corrected chi connectivity index (χ4v) is 4.27. The zero-order valence-electron chi connectivity index (χ0n) is 17.2. The van der Waals surface area contributed by atoms with Crippen LogP contribution in [-0.4, -0.2) is 52.1 Å². The number of carbonyl (C=O) groups excluding carboxylic acids is 1. The summed E-state index contributed by atoms with van der Waals surface area (Å²) in [5.74, 6) is 1.96. The minimum Gasteiger partial charge on any atom is -0.381 e. The normalized spacial score (nSPS) is 20.5. The van der Waals surface area contributed by atoms with Crippen LogP contribution in [0.4, 0.5) is 11.8 Å². The molecular formula is C22H29N5O2. The van der Waals surface area contributed by atoms with Crippen LogP contribution in [0.2, 0.25) is 0 Å². The van der Waals surface area contributed by atoms with Crippen LogP contribution in [0.3, 0.4) is 0 Å². The first-order valence-electron chi connectivity index (χ1n) is 10.5. The summed E-state index contributed by atoms with van der Waals surface area (Å²) in [5.41, 5.74) is 2.86. The molecule has 0 aromatic carbocycles. The van der Waals surface area contributed by atoms with E-state index in [0.717, 1.165) is 61.7 Å². The Kier molecular flexibility index (Phi) is 6.04. The lowest BCUT2D eigenvalue weighted by atomic mass is 9.91. The van der Waals surface area contributed by atoms with E-state index >= 15 is 0 Å². The average molecular weight is 396 g/mol. The zero-order valence-corrected chi connectivity index (χ0v) is 17.2. The second-order valence-electron chi connectivity index (χ2n) is 8.06. The number of anilines is 2. The summed E-state index contributed by atoms with van der Waals surface area (Å²) >= 11 is 0. The van der Waals surface area contributed by atoms with E-state index in [4.69, 9.17) is 9.72 Å². The molecule has 4 rings (SSSR count). The third kappa shape index (κ3) is 4.90. The summed E-state index contributed by atoms with van der Waals surface area (Å²) < 4.78 is 5.41. The van der Waals surface area contributed by atoms with Gasteiger partial charge in [0.15, 0.2) is 0 Å². The molecule has 29 heavy (non-hydrogen) atoms. The van der Waals surface area contributed by atoms with Gasteiger partial charge in [0.2, 0.25) is 11.9 Å². The quantitative estimate of drug-likeness (QED) is 0.855. The van der Waals surface area contributed by atoms with Gasteiger partial charge < -0.3 is 15.0 Å². The van der Waals surface area contributed by atoms with E-state index in [1.165, 1.54) is 0 Å². The fraction of sp³-hybridized carbons (Fsp3) is 0.545. The van der Waals surface area contributed by atoms with Gasteiger partial charge in [-0.25, -0.2) is 15.0 Å². The first-order valence-corrected chi connectivity index (χ1v) is 10.5. The predicted octanol–water partition coefficient (Wildman–Crippen LogP) is 3.36. The van der Waals surface area contributed by atoms with Gasteiger partial charge in [0.05, 0.1) is 0 Å². The summed E-state index contributed by atoms with van der Waals surface area (Å²) in [7, 11) is 0. The summed E-state index contributed by atoms with van der Waals surface area (Å²) in [6, 6.07) is 7.94. The van der Waals surface area contributed by atoms with Gasteiger partial charge in [0, 0.05) is 55.2 Å². The molecule has 7 nitrogen and oxygen atoms in total. The highest BCUT2D eigenvalue weighted by molar-refractivity contribution is 5.79. The molecule has 4 heterocycles. The number of piperidine rings is 1. The number of aromatic nitrogens is 3. The number of nitrogens with zero attached hydrogens (tertiary/aromatic N) is 4. The molecule has 1 N–H and O–H groups in total. The number of aryl methyl sites for hydroxylation is 2. The molecule has 0 unspecified atom stereocenters. The van der Waals surface area contributed by atoms with Crippen LogP contribution in [0.15, 0.2) is 24.3 Å². The van der Waals surface area contributed by atoms with Gasteiger partial charge in [-0.05, 0) is 57.7 Å². The van der Waals surface area contributed by atoms with Crippen LogP contribution >= 0.6 is 0 Å². The highest BCUT2D eigenvalue weighted by Crippen LogP contribution is 2.29. The van der Waals surface area contributed by atoms with E-state index in [9.17, 15) is 4.79 Å². The third-order valence-corrected chi connectivity index (χ3v) is 5.71. The lowest BCUT2D eigenvalue weighted by molar-refractivity contribution is -0.139. The molecule has 154 valence electrons. The molecule has 2 saturated heterocycles. The summed E-state index contributed by atoms with van der Waals surface area (Å²) in [6.45, 7) is 6.90. The fourth-order valence-electron chi connectivity index (χ4n) is 4.27. The van der Waals surface area contributed by atoms with Gasteiger partial charge in [0.25, 0.3) is 0 Å². The maximum atomic E-state index is 12.9. The second kappa shape index (κ2) is 8.86. The molecular weight excluding hydrogens is 366 g/mol. The molecule has 0 saturated carbocycles. The van der Waals surface area contributed by atoms with Crippen molar-refractivity contribution in [2.24, 2.45) is 5.92 Å². The minimum atomic E-state index is 0.116. The van der Waals surface area contributed by atoms with Crippen molar-refractivity contribution in [2.75, 3.05) is 31.6 Å². The van der Waals surface area contributed by atoms with Crippen LogP contribution in [0, 0.1) is 19.8 Å². The van der Waals surface area contributed by atoms with E-state index in [2.05, 4.69) is 21.4 Å². The highest BCUT2D eigenvalue weighted by Gasteiger charge is 2.31. The van der Waals surface area contributed by atoms with Crippen molar-refractivity contribution in [2.45, 2.75) is 45.4 Å². The maximum absolute atomic E-state index is 12.9. The van der Waals surface area contributed by atoms with E-state index in [-0.39, 0.29) is 17.7 Å². The maximum Gasteiger partial charge on any atom is 0.228 e. The number of ether oxygens (including phenoxy) is 1. The van der Waals surface area contributed by atoms with Crippen molar-refractivity contribution in [3.8, 4) is 0 Å². The van der Waals surface area contributed by atoms with Gasteiger partial charge in [0.1, 0.15) is 5.82 Å². The van der Waals surface area contributed by atoms with Crippen LogP contribution in [0.5, 0.6) is 0 Å². The Balaban J connectivity index is 1.45. The van der Waals surface area contributed by atoms with E-state index < -0.39 is 0 Å². The molecule has 2 fully saturated rings. The van der Waals surface area contributed by atoms with Crippen LogP contribution < -0.4 is 5.32 Å². The molecule has 2 aromatic heterocycles. The molecule has 1 amide bonds. The Morgan fingerprint density at radius 3 is 2.62 bits per heavy atom. The predicted molar refractivity (Wildman–Crippen MR) is 111 cm³/mol. The first-order chi connectivity index (χ1) is 14.1. The largest absolute Gasteiger partial charge is 0.381 e. The van der Waals surface area contributed by atoms with Gasteiger partial charge in [-0.15, -0.1) is 0 Å². The summed E-state index contributed by atoms with van der Waals surface area (Å²) in [4.78, 5) is 28.6. The number of likely N-dealkylation sites (tertiary alicyclic amines) is 1. The van der Waals surface area contributed by atoms with Crippen molar-refractivity contribution < 1.29 is 9.53 Å². The Labute approximate surface area is 171 Å². The number of nitrogens with one attached hydrogen (secondary N) is 1. The lowest BCUT2D eigenvalue weighted by Gasteiger charge is -2.35. The molecule has 2 aliphatic rings. The van der Waals surface area contributed by atoms with Crippen molar-refractivity contribution in [3.63, 3.8) is 0 Å². The Hall–Kier alpha value is -2.54. The number of rotatable bonds is 4. The average Bonchev–Trinajstić information content (AvgIpc) is 2.73. The van der Waals surface area contributed by atoms with Gasteiger partial charge in [-0.1, -0.05) is 6.07 Å². The molecule has 0 spiro atoms. The Morgan fingerprint density at radius 1 is 1.10 bits per heavy atom. The molecule has 0 aliphatic carbocycles. The second-order valence-corrected chi connectivity index (χ2v) is 8.06. The summed E-state index contributed by atoms with van der Waals surface area (Å²) in [5, 5.41) is 3.22. The van der Waals surface area contributed by atoms with Crippen molar-refractivity contribution in [3.05, 3.63) is 41.3 Å². The zero-order chi connectivity index (χ0) is 20.2.